The van der Waals surface area contributed by atoms with Crippen molar-refractivity contribution in [1.29, 1.82) is 0 Å². The molecule has 1 unspecified atom stereocenters. The number of amides is 1. The molecule has 6 heteroatoms. The van der Waals surface area contributed by atoms with Gasteiger partial charge in [0.25, 0.3) is 5.91 Å². The van der Waals surface area contributed by atoms with Crippen LogP contribution in [0.1, 0.15) is 47.0 Å². The molecule has 0 bridgehead atoms. The van der Waals surface area contributed by atoms with Gasteiger partial charge in [-0.05, 0) is 43.6 Å². The Kier molecular flexibility index (Phi) is 5.88. The zero-order valence-corrected chi connectivity index (χ0v) is 14.7. The van der Waals surface area contributed by atoms with Gasteiger partial charge in [0.1, 0.15) is 0 Å². The lowest BCUT2D eigenvalue weighted by Gasteiger charge is -2.33. The number of nitrogens with two attached hydrogens (primary N) is 1. The molecule has 3 N–H and O–H groups in total. The van der Waals surface area contributed by atoms with Crippen molar-refractivity contribution in [2.75, 3.05) is 19.8 Å². The summed E-state index contributed by atoms with van der Waals surface area (Å²) < 4.78 is 5.34. The van der Waals surface area contributed by atoms with Crippen molar-refractivity contribution in [1.82, 2.24) is 5.32 Å². The van der Waals surface area contributed by atoms with Crippen LogP contribution in [0.5, 0.6) is 0 Å². The van der Waals surface area contributed by atoms with E-state index in [-0.39, 0.29) is 23.9 Å². The molecule has 1 aliphatic carbocycles. The highest BCUT2D eigenvalue weighted by Crippen LogP contribution is 2.32. The van der Waals surface area contributed by atoms with E-state index in [1.54, 1.807) is 11.3 Å². The molecule has 4 nitrogen and oxygen atoms in total. The Hall–Kier alpha value is -0.620. The molecule has 2 aliphatic rings. The van der Waals surface area contributed by atoms with E-state index in [1.165, 1.54) is 16.9 Å². The highest BCUT2D eigenvalue weighted by molar-refractivity contribution is 7.10. The molecule has 0 saturated carbocycles. The molecule has 1 saturated heterocycles. The van der Waals surface area contributed by atoms with Crippen LogP contribution >= 0.6 is 23.7 Å². The monoisotopic (exact) mass is 344 g/mol. The van der Waals surface area contributed by atoms with Crippen molar-refractivity contribution in [3.63, 3.8) is 0 Å². The smallest absolute Gasteiger partial charge is 0.252 e. The van der Waals surface area contributed by atoms with Gasteiger partial charge in [-0.25, -0.2) is 0 Å². The third kappa shape index (κ3) is 3.82. The van der Waals surface area contributed by atoms with Crippen LogP contribution in [0.15, 0.2) is 5.38 Å². The SMILES string of the molecule is CC1CCc2c(C(=O)NCC3(N)CCOCC3)csc2C1.Cl. The lowest BCUT2D eigenvalue weighted by molar-refractivity contribution is 0.0518. The Morgan fingerprint density at radius 1 is 1.50 bits per heavy atom. The Morgan fingerprint density at radius 3 is 2.95 bits per heavy atom. The fraction of sp³-hybridized carbons (Fsp3) is 0.688. The fourth-order valence-corrected chi connectivity index (χ4v) is 4.42. The molecule has 0 aromatic carbocycles. The van der Waals surface area contributed by atoms with Crippen LogP contribution in [-0.4, -0.2) is 31.2 Å². The number of halogens is 1. The van der Waals surface area contributed by atoms with Crippen LogP contribution in [0, 0.1) is 5.92 Å². The van der Waals surface area contributed by atoms with Crippen molar-refractivity contribution in [2.24, 2.45) is 11.7 Å². The average molecular weight is 345 g/mol. The van der Waals surface area contributed by atoms with Gasteiger partial charge in [0.2, 0.25) is 0 Å². The standard InChI is InChI=1S/C16H24N2O2S.ClH/c1-11-2-3-12-13(9-21-14(12)8-11)15(19)18-10-16(17)4-6-20-7-5-16;/h9,11H,2-8,10,17H2,1H3,(H,18,19);1H. The van der Waals surface area contributed by atoms with Crippen molar-refractivity contribution in [3.05, 3.63) is 21.4 Å². The largest absolute Gasteiger partial charge is 0.381 e. The number of ether oxygens (including phenoxy) is 1. The molecule has 3 rings (SSSR count). The summed E-state index contributed by atoms with van der Waals surface area (Å²) in [6.07, 6.45) is 4.96. The lowest BCUT2D eigenvalue weighted by atomic mass is 9.88. The molecule has 124 valence electrons. The highest BCUT2D eigenvalue weighted by Gasteiger charge is 2.29. The second kappa shape index (κ2) is 7.30. The first-order valence-corrected chi connectivity index (χ1v) is 8.69. The van der Waals surface area contributed by atoms with Crippen molar-refractivity contribution < 1.29 is 9.53 Å². The van der Waals surface area contributed by atoms with E-state index in [2.05, 4.69) is 12.2 Å². The average Bonchev–Trinajstić information content (AvgIpc) is 2.88. The van der Waals surface area contributed by atoms with Crippen LogP contribution in [0.3, 0.4) is 0 Å². The van der Waals surface area contributed by atoms with E-state index in [0.29, 0.717) is 19.8 Å². The zero-order valence-electron chi connectivity index (χ0n) is 13.0. The third-order valence-corrected chi connectivity index (χ3v) is 5.79. The number of nitrogens with one attached hydrogen (secondary N) is 1. The summed E-state index contributed by atoms with van der Waals surface area (Å²) in [6.45, 7) is 4.21. The van der Waals surface area contributed by atoms with Gasteiger partial charge in [0, 0.05) is 35.6 Å². The van der Waals surface area contributed by atoms with Gasteiger partial charge in [-0.2, -0.15) is 0 Å². The first-order chi connectivity index (χ1) is 10.1. The fourth-order valence-electron chi connectivity index (χ4n) is 3.17. The molecule has 2 heterocycles. The Morgan fingerprint density at radius 2 is 2.23 bits per heavy atom. The highest BCUT2D eigenvalue weighted by atomic mass is 35.5. The molecule has 1 aromatic heterocycles. The van der Waals surface area contributed by atoms with Crippen LogP contribution < -0.4 is 11.1 Å². The third-order valence-electron chi connectivity index (χ3n) is 4.74. The maximum absolute atomic E-state index is 12.5. The minimum Gasteiger partial charge on any atom is -0.381 e. The number of thiophene rings is 1. The number of carbonyl (C=O) groups is 1. The number of carbonyl (C=O) groups excluding carboxylic acids is 1. The minimum atomic E-state index is -0.307. The molecule has 1 aromatic rings. The normalized spacial score (nSPS) is 23.3. The molecule has 1 fully saturated rings. The van der Waals surface area contributed by atoms with Gasteiger partial charge in [-0.1, -0.05) is 6.92 Å². The molecule has 0 spiro atoms. The van der Waals surface area contributed by atoms with E-state index < -0.39 is 0 Å². The maximum atomic E-state index is 12.5. The van der Waals surface area contributed by atoms with E-state index in [0.717, 1.165) is 37.2 Å². The summed E-state index contributed by atoms with van der Waals surface area (Å²) in [7, 11) is 0. The number of fused-ring (bicyclic) bond motifs is 1. The van der Waals surface area contributed by atoms with E-state index in [9.17, 15) is 4.79 Å². The quantitative estimate of drug-likeness (QED) is 0.885. The van der Waals surface area contributed by atoms with Crippen LogP contribution in [-0.2, 0) is 17.6 Å². The molecule has 1 amide bonds. The number of rotatable bonds is 3. The van der Waals surface area contributed by atoms with Gasteiger partial charge in [-0.15, -0.1) is 23.7 Å². The Balaban J connectivity index is 0.00000176. The van der Waals surface area contributed by atoms with Crippen molar-refractivity contribution in [3.8, 4) is 0 Å². The maximum Gasteiger partial charge on any atom is 0.252 e. The topological polar surface area (TPSA) is 64.4 Å². The van der Waals surface area contributed by atoms with Crippen LogP contribution in [0.25, 0.3) is 0 Å². The van der Waals surface area contributed by atoms with Crippen molar-refractivity contribution >= 4 is 29.7 Å². The summed E-state index contributed by atoms with van der Waals surface area (Å²) in [5, 5.41) is 5.06. The molecule has 1 atom stereocenters. The number of hydrogen-bond donors (Lipinski definition) is 2. The first kappa shape index (κ1) is 17.7. The molecule has 0 radical (unpaired) electrons. The van der Waals surface area contributed by atoms with Gasteiger partial charge < -0.3 is 15.8 Å². The predicted octanol–water partition coefficient (Wildman–Crippen LogP) is 2.53. The van der Waals surface area contributed by atoms with Gasteiger partial charge in [0.05, 0.1) is 5.56 Å². The summed E-state index contributed by atoms with van der Waals surface area (Å²) >= 11 is 1.73. The summed E-state index contributed by atoms with van der Waals surface area (Å²) in [5.41, 5.74) is 8.16. The predicted molar refractivity (Wildman–Crippen MR) is 92.1 cm³/mol. The Labute approximate surface area is 142 Å². The molecule has 1 aliphatic heterocycles. The number of hydrogen-bond acceptors (Lipinski definition) is 4. The molecular formula is C16H25ClN2O2S. The first-order valence-electron chi connectivity index (χ1n) is 7.81. The Bertz CT molecular complexity index is 526. The second-order valence-corrected chi connectivity index (χ2v) is 7.52. The minimum absolute atomic E-state index is 0. The molecule has 22 heavy (non-hydrogen) atoms. The van der Waals surface area contributed by atoms with Crippen LogP contribution in [0.2, 0.25) is 0 Å². The van der Waals surface area contributed by atoms with Gasteiger partial charge >= 0.3 is 0 Å². The molecular weight excluding hydrogens is 320 g/mol. The van der Waals surface area contributed by atoms with E-state index in [1.807, 2.05) is 5.38 Å². The van der Waals surface area contributed by atoms with E-state index >= 15 is 0 Å². The van der Waals surface area contributed by atoms with Gasteiger partial charge in [0.15, 0.2) is 0 Å². The summed E-state index contributed by atoms with van der Waals surface area (Å²) in [4.78, 5) is 13.8. The zero-order chi connectivity index (χ0) is 14.9. The summed E-state index contributed by atoms with van der Waals surface area (Å²) in [6, 6.07) is 0. The van der Waals surface area contributed by atoms with E-state index in [4.69, 9.17) is 10.5 Å². The van der Waals surface area contributed by atoms with Gasteiger partial charge in [-0.3, -0.25) is 4.79 Å². The summed E-state index contributed by atoms with van der Waals surface area (Å²) in [5.74, 6) is 0.778. The van der Waals surface area contributed by atoms with Crippen molar-refractivity contribution in [2.45, 2.75) is 44.6 Å². The van der Waals surface area contributed by atoms with Crippen LogP contribution in [0.4, 0.5) is 0 Å². The second-order valence-electron chi connectivity index (χ2n) is 6.56. The lowest BCUT2D eigenvalue weighted by Crippen LogP contribution is -2.53.